The minimum Gasteiger partial charge on any atom is -0.393 e. The van der Waals surface area contributed by atoms with Gasteiger partial charge in [-0.1, -0.05) is 24.3 Å². The quantitative estimate of drug-likeness (QED) is 0.275. The van der Waals surface area contributed by atoms with Crippen LogP contribution in [0.2, 0.25) is 0 Å². The topological polar surface area (TPSA) is 78.4 Å². The number of benzene rings is 1. The minimum absolute atomic E-state index is 0.115. The Labute approximate surface area is 193 Å². The van der Waals surface area contributed by atoms with Gasteiger partial charge in [0.1, 0.15) is 0 Å². The van der Waals surface area contributed by atoms with E-state index in [4.69, 9.17) is 14.5 Å². The largest absolute Gasteiger partial charge is 0.393 e. The number of hydrogen-bond donors (Lipinski definition) is 3. The highest BCUT2D eigenvalue weighted by Crippen LogP contribution is 2.15. The van der Waals surface area contributed by atoms with Crippen molar-refractivity contribution in [1.29, 1.82) is 0 Å². The molecule has 2 aliphatic heterocycles. The van der Waals surface area contributed by atoms with Crippen molar-refractivity contribution in [3.63, 3.8) is 0 Å². The van der Waals surface area contributed by atoms with E-state index in [-0.39, 0.29) is 6.10 Å². The Kier molecular flexibility index (Phi) is 11.3. The maximum absolute atomic E-state index is 9.65. The van der Waals surface area contributed by atoms with Crippen LogP contribution >= 0.6 is 0 Å². The molecule has 2 saturated heterocycles. The molecule has 0 amide bonds. The summed E-state index contributed by atoms with van der Waals surface area (Å²) >= 11 is 0. The maximum atomic E-state index is 9.65. The van der Waals surface area contributed by atoms with Gasteiger partial charge in [-0.15, -0.1) is 0 Å². The molecule has 1 aromatic rings. The first-order chi connectivity index (χ1) is 15.7. The van der Waals surface area contributed by atoms with Crippen LogP contribution in [0.25, 0.3) is 0 Å². The average molecular weight is 447 g/mol. The predicted molar refractivity (Wildman–Crippen MR) is 129 cm³/mol. The Hall–Kier alpha value is -1.67. The van der Waals surface area contributed by atoms with Crippen LogP contribution in [0.4, 0.5) is 0 Å². The third kappa shape index (κ3) is 9.45. The van der Waals surface area contributed by atoms with Crippen LogP contribution in [0.15, 0.2) is 29.3 Å². The van der Waals surface area contributed by atoms with Crippen molar-refractivity contribution in [2.45, 2.75) is 58.2 Å². The third-order valence-corrected chi connectivity index (χ3v) is 6.20. The van der Waals surface area contributed by atoms with Crippen molar-refractivity contribution < 1.29 is 14.6 Å². The minimum atomic E-state index is -0.115. The summed E-state index contributed by atoms with van der Waals surface area (Å²) in [6.07, 6.45) is 4.87. The van der Waals surface area contributed by atoms with Crippen molar-refractivity contribution in [2.75, 3.05) is 52.6 Å². The number of aliphatic hydroxyl groups excluding tert-OH is 1. The van der Waals surface area contributed by atoms with Gasteiger partial charge in [0.25, 0.3) is 0 Å². The summed E-state index contributed by atoms with van der Waals surface area (Å²) in [6, 6.07) is 8.74. The lowest BCUT2D eigenvalue weighted by Crippen LogP contribution is -2.38. The molecule has 0 aliphatic carbocycles. The van der Waals surface area contributed by atoms with Gasteiger partial charge in [0.15, 0.2) is 5.96 Å². The fourth-order valence-electron chi connectivity index (χ4n) is 4.14. The van der Waals surface area contributed by atoms with Gasteiger partial charge in [-0.2, -0.15) is 0 Å². The Morgan fingerprint density at radius 2 is 1.81 bits per heavy atom. The normalized spacial score (nSPS) is 19.2. The van der Waals surface area contributed by atoms with Gasteiger partial charge >= 0.3 is 0 Å². The van der Waals surface area contributed by atoms with Gasteiger partial charge < -0.3 is 25.2 Å². The molecule has 0 atom stereocenters. The van der Waals surface area contributed by atoms with Gasteiger partial charge in [0.05, 0.1) is 12.6 Å². The summed E-state index contributed by atoms with van der Waals surface area (Å²) < 4.78 is 11.2. The summed E-state index contributed by atoms with van der Waals surface area (Å²) in [4.78, 5) is 7.15. The second kappa shape index (κ2) is 14.5. The number of nitrogens with one attached hydrogen (secondary N) is 2. The van der Waals surface area contributed by atoms with Gasteiger partial charge in [0.2, 0.25) is 0 Å². The molecule has 3 rings (SSSR count). The number of aliphatic imine (C=N–C) groups is 1. The van der Waals surface area contributed by atoms with Gasteiger partial charge in [0, 0.05) is 59.2 Å². The van der Waals surface area contributed by atoms with Crippen LogP contribution in [0.3, 0.4) is 0 Å². The highest BCUT2D eigenvalue weighted by molar-refractivity contribution is 5.79. The zero-order valence-electron chi connectivity index (χ0n) is 19.7. The molecule has 0 aromatic heterocycles. The molecular formula is C25H42N4O3. The van der Waals surface area contributed by atoms with Gasteiger partial charge in [-0.3, -0.25) is 4.90 Å². The number of likely N-dealkylation sites (tertiary alicyclic amines) is 1. The fraction of sp³-hybridized carbons (Fsp3) is 0.720. The Balaban J connectivity index is 1.33. The highest BCUT2D eigenvalue weighted by atomic mass is 16.5. The van der Waals surface area contributed by atoms with Crippen LogP contribution < -0.4 is 10.6 Å². The molecule has 2 fully saturated rings. The van der Waals surface area contributed by atoms with Crippen molar-refractivity contribution in [3.05, 3.63) is 35.4 Å². The van der Waals surface area contributed by atoms with E-state index in [1.165, 1.54) is 11.1 Å². The Bertz CT molecular complexity index is 654. The van der Waals surface area contributed by atoms with E-state index in [0.29, 0.717) is 12.5 Å². The molecular weight excluding hydrogens is 404 g/mol. The smallest absolute Gasteiger partial charge is 0.191 e. The SMILES string of the molecule is CCNC(=NCc1ccc(CN2CCC(O)CC2)cc1)NCCCOCC1CCOCC1. The standard InChI is InChI=1S/C25H42N4O3/c1-2-26-25(27-12-3-15-32-20-23-10-16-31-17-11-23)28-18-21-4-6-22(7-5-21)19-29-13-8-24(30)9-14-29/h4-7,23-24,30H,2-3,8-20H2,1H3,(H2,26,27,28). The second-order valence-corrected chi connectivity index (χ2v) is 8.93. The molecule has 3 N–H and O–H groups in total. The van der Waals surface area contributed by atoms with Crippen LogP contribution in [-0.2, 0) is 22.6 Å². The summed E-state index contributed by atoms with van der Waals surface area (Å²) in [6.45, 7) is 10.7. The first kappa shape index (κ1) is 25.0. The lowest BCUT2D eigenvalue weighted by Gasteiger charge is -2.29. The number of nitrogens with zero attached hydrogens (tertiary/aromatic N) is 2. The molecule has 0 radical (unpaired) electrons. The number of ether oxygens (including phenoxy) is 2. The van der Waals surface area contributed by atoms with Crippen molar-refractivity contribution in [3.8, 4) is 0 Å². The van der Waals surface area contributed by atoms with E-state index < -0.39 is 0 Å². The van der Waals surface area contributed by atoms with E-state index >= 15 is 0 Å². The van der Waals surface area contributed by atoms with Crippen LogP contribution in [-0.4, -0.2) is 74.7 Å². The molecule has 0 spiro atoms. The fourth-order valence-corrected chi connectivity index (χ4v) is 4.14. The summed E-state index contributed by atoms with van der Waals surface area (Å²) in [7, 11) is 0. The monoisotopic (exact) mass is 446 g/mol. The first-order valence-electron chi connectivity index (χ1n) is 12.4. The van der Waals surface area contributed by atoms with Crippen LogP contribution in [0.5, 0.6) is 0 Å². The Morgan fingerprint density at radius 1 is 1.09 bits per heavy atom. The zero-order valence-corrected chi connectivity index (χ0v) is 19.7. The Morgan fingerprint density at radius 3 is 2.53 bits per heavy atom. The van der Waals surface area contributed by atoms with Gasteiger partial charge in [-0.25, -0.2) is 4.99 Å². The van der Waals surface area contributed by atoms with Crippen LogP contribution in [0.1, 0.15) is 50.2 Å². The predicted octanol–water partition coefficient (Wildman–Crippen LogP) is 2.53. The average Bonchev–Trinajstić information content (AvgIpc) is 2.82. The number of rotatable bonds is 11. The summed E-state index contributed by atoms with van der Waals surface area (Å²) in [5.41, 5.74) is 2.53. The van der Waals surface area contributed by atoms with Crippen molar-refractivity contribution >= 4 is 5.96 Å². The van der Waals surface area contributed by atoms with E-state index in [1.807, 2.05) is 0 Å². The molecule has 0 bridgehead atoms. The molecule has 7 nitrogen and oxygen atoms in total. The maximum Gasteiger partial charge on any atom is 0.191 e. The molecule has 2 aliphatic rings. The molecule has 7 heteroatoms. The highest BCUT2D eigenvalue weighted by Gasteiger charge is 2.16. The van der Waals surface area contributed by atoms with Crippen LogP contribution in [0, 0.1) is 5.92 Å². The molecule has 0 saturated carbocycles. The summed E-state index contributed by atoms with van der Waals surface area (Å²) in [5, 5.41) is 16.4. The molecule has 0 unspecified atom stereocenters. The van der Waals surface area contributed by atoms with Crippen molar-refractivity contribution in [1.82, 2.24) is 15.5 Å². The van der Waals surface area contributed by atoms with E-state index in [1.54, 1.807) is 0 Å². The lowest BCUT2D eigenvalue weighted by molar-refractivity contribution is 0.0203. The molecule has 2 heterocycles. The first-order valence-corrected chi connectivity index (χ1v) is 12.4. The third-order valence-electron chi connectivity index (χ3n) is 6.20. The molecule has 180 valence electrons. The van der Waals surface area contributed by atoms with E-state index in [2.05, 4.69) is 46.7 Å². The lowest BCUT2D eigenvalue weighted by atomic mass is 10.0. The van der Waals surface area contributed by atoms with Crippen molar-refractivity contribution in [2.24, 2.45) is 10.9 Å². The van der Waals surface area contributed by atoms with E-state index in [9.17, 15) is 5.11 Å². The summed E-state index contributed by atoms with van der Waals surface area (Å²) in [5.74, 6) is 1.52. The molecule has 32 heavy (non-hydrogen) atoms. The molecule has 1 aromatic carbocycles. The number of hydrogen-bond acceptors (Lipinski definition) is 5. The number of aliphatic hydroxyl groups is 1. The zero-order chi connectivity index (χ0) is 22.4. The van der Waals surface area contributed by atoms with Gasteiger partial charge in [-0.05, 0) is 56.1 Å². The number of guanidine groups is 1. The van der Waals surface area contributed by atoms with E-state index in [0.717, 1.165) is 97.2 Å². The number of piperidine rings is 1. The second-order valence-electron chi connectivity index (χ2n) is 8.93.